The van der Waals surface area contributed by atoms with E-state index in [-0.39, 0.29) is 5.91 Å². The van der Waals surface area contributed by atoms with Crippen LogP contribution in [0, 0.1) is 0 Å². The largest absolute Gasteiger partial charge is 0.491 e. The van der Waals surface area contributed by atoms with Gasteiger partial charge in [0.25, 0.3) is 5.91 Å². The summed E-state index contributed by atoms with van der Waals surface area (Å²) in [5.41, 5.74) is 1.61. The maximum Gasteiger partial charge on any atom is 0.257 e. The molecule has 0 heterocycles. The average Bonchev–Trinajstić information content (AvgIpc) is 2.67. The molecule has 0 saturated heterocycles. The Hall–Kier alpha value is -2.09. The second-order valence-corrected chi connectivity index (χ2v) is 6.64. The molecule has 0 aliphatic rings. The van der Waals surface area contributed by atoms with Crippen molar-refractivity contribution in [3.8, 4) is 5.75 Å². The van der Waals surface area contributed by atoms with Gasteiger partial charge in [0, 0.05) is 24.1 Å². The van der Waals surface area contributed by atoms with Crippen molar-refractivity contribution in [2.24, 2.45) is 0 Å². The van der Waals surface area contributed by atoms with Crippen molar-refractivity contribution in [2.45, 2.75) is 11.4 Å². The van der Waals surface area contributed by atoms with Crippen LogP contribution in [0.5, 0.6) is 5.75 Å². The van der Waals surface area contributed by atoms with Crippen molar-refractivity contribution in [1.29, 1.82) is 0 Å². The summed E-state index contributed by atoms with van der Waals surface area (Å²) in [4.78, 5) is 13.4. The summed E-state index contributed by atoms with van der Waals surface area (Å²) in [6.45, 7) is 1.54. The van der Waals surface area contributed by atoms with Gasteiger partial charge in [0.2, 0.25) is 0 Å². The van der Waals surface area contributed by atoms with E-state index in [0.29, 0.717) is 36.2 Å². The van der Waals surface area contributed by atoms with E-state index in [4.69, 9.17) is 21.7 Å². The first kappa shape index (κ1) is 20.2. The molecular weight excluding hydrogens is 368 g/mol. The molecule has 0 aliphatic carbocycles. The summed E-state index contributed by atoms with van der Waals surface area (Å²) in [6.07, 6.45) is 2.04. The molecule has 1 amide bonds. The van der Waals surface area contributed by atoms with E-state index in [1.54, 1.807) is 43.1 Å². The molecule has 7 heteroatoms. The fourth-order valence-corrected chi connectivity index (χ4v) is 2.66. The van der Waals surface area contributed by atoms with E-state index in [1.807, 2.05) is 18.4 Å². The number of benzene rings is 2. The zero-order valence-corrected chi connectivity index (χ0v) is 16.4. The zero-order valence-electron chi connectivity index (χ0n) is 14.8. The normalized spacial score (nSPS) is 10.2. The molecule has 0 atom stereocenters. The van der Waals surface area contributed by atoms with Crippen molar-refractivity contribution in [3.05, 3.63) is 59.7 Å². The number of methoxy groups -OCH3 is 1. The highest BCUT2D eigenvalue weighted by Gasteiger charge is 2.08. The Morgan fingerprint density at radius 1 is 1.08 bits per heavy atom. The van der Waals surface area contributed by atoms with Gasteiger partial charge in [-0.2, -0.15) is 0 Å². The van der Waals surface area contributed by atoms with E-state index in [2.05, 4.69) is 22.8 Å². The lowest BCUT2D eigenvalue weighted by Crippen LogP contribution is -2.38. The summed E-state index contributed by atoms with van der Waals surface area (Å²) >= 11 is 6.88. The van der Waals surface area contributed by atoms with Crippen molar-refractivity contribution in [2.75, 3.05) is 26.6 Å². The molecule has 2 aromatic rings. The number of hydrogen-bond acceptors (Lipinski definition) is 5. The molecule has 0 radical (unpaired) electrons. The van der Waals surface area contributed by atoms with Gasteiger partial charge >= 0.3 is 0 Å². The highest BCUT2D eigenvalue weighted by Crippen LogP contribution is 2.15. The molecule has 5 nitrogen and oxygen atoms in total. The number of carbonyl (C=O) groups excluding carboxylic acids is 1. The first-order valence-corrected chi connectivity index (χ1v) is 9.69. The SMILES string of the molecule is COCCOc1ccc(C(=O)NC(=S)NCc2ccc(SC)cc2)cc1. The molecule has 2 N–H and O–H groups in total. The van der Waals surface area contributed by atoms with Crippen molar-refractivity contribution in [1.82, 2.24) is 10.6 Å². The van der Waals surface area contributed by atoms with Gasteiger partial charge < -0.3 is 14.8 Å². The molecule has 138 valence electrons. The fourth-order valence-electron chi connectivity index (χ4n) is 2.09. The number of amides is 1. The predicted octanol–water partition coefficient (Wildman–Crippen LogP) is 3.24. The molecule has 26 heavy (non-hydrogen) atoms. The molecule has 2 aromatic carbocycles. The fraction of sp³-hybridized carbons (Fsp3) is 0.263. The lowest BCUT2D eigenvalue weighted by atomic mass is 10.2. The maximum absolute atomic E-state index is 12.2. The maximum atomic E-state index is 12.2. The van der Waals surface area contributed by atoms with E-state index in [9.17, 15) is 4.79 Å². The van der Waals surface area contributed by atoms with Gasteiger partial charge in [-0.1, -0.05) is 12.1 Å². The summed E-state index contributed by atoms with van der Waals surface area (Å²) in [6, 6.07) is 15.1. The summed E-state index contributed by atoms with van der Waals surface area (Å²) in [5.74, 6) is 0.427. The summed E-state index contributed by atoms with van der Waals surface area (Å²) in [7, 11) is 1.62. The zero-order chi connectivity index (χ0) is 18.8. The van der Waals surface area contributed by atoms with Gasteiger partial charge in [0.15, 0.2) is 5.11 Å². The van der Waals surface area contributed by atoms with Crippen LogP contribution in [-0.4, -0.2) is 37.6 Å². The van der Waals surface area contributed by atoms with Crippen molar-refractivity contribution in [3.63, 3.8) is 0 Å². The van der Waals surface area contributed by atoms with Gasteiger partial charge in [-0.25, -0.2) is 0 Å². The predicted molar refractivity (Wildman–Crippen MR) is 109 cm³/mol. The second-order valence-electron chi connectivity index (χ2n) is 5.35. The second kappa shape index (κ2) is 10.8. The average molecular weight is 391 g/mol. The number of ether oxygens (including phenoxy) is 2. The minimum Gasteiger partial charge on any atom is -0.491 e. The Bertz CT molecular complexity index is 719. The van der Waals surface area contributed by atoms with Crippen LogP contribution < -0.4 is 15.4 Å². The molecule has 2 rings (SSSR count). The number of thiocarbonyl (C=S) groups is 1. The monoisotopic (exact) mass is 390 g/mol. The lowest BCUT2D eigenvalue weighted by molar-refractivity contribution is 0.0976. The molecule has 0 spiro atoms. The number of thioether (sulfide) groups is 1. The number of rotatable bonds is 8. The van der Waals surface area contributed by atoms with Gasteiger partial charge in [-0.3, -0.25) is 10.1 Å². The summed E-state index contributed by atoms with van der Waals surface area (Å²) < 4.78 is 10.4. The minimum atomic E-state index is -0.260. The topological polar surface area (TPSA) is 59.6 Å². The Morgan fingerprint density at radius 3 is 2.38 bits per heavy atom. The van der Waals surface area contributed by atoms with Gasteiger partial charge in [0.1, 0.15) is 12.4 Å². The van der Waals surface area contributed by atoms with E-state index >= 15 is 0 Å². The first-order valence-electron chi connectivity index (χ1n) is 8.06. The van der Waals surface area contributed by atoms with E-state index in [0.717, 1.165) is 5.56 Å². The molecule has 0 saturated carbocycles. The number of nitrogens with one attached hydrogen (secondary N) is 2. The molecule has 0 aliphatic heterocycles. The first-order chi connectivity index (χ1) is 12.6. The van der Waals surface area contributed by atoms with E-state index < -0.39 is 0 Å². The highest BCUT2D eigenvalue weighted by atomic mass is 32.2. The Balaban J connectivity index is 1.79. The van der Waals surface area contributed by atoms with Gasteiger partial charge in [-0.05, 0) is 60.4 Å². The van der Waals surface area contributed by atoms with Crippen LogP contribution in [0.25, 0.3) is 0 Å². The highest BCUT2D eigenvalue weighted by molar-refractivity contribution is 7.98. The number of carbonyl (C=O) groups is 1. The number of hydrogen-bond donors (Lipinski definition) is 2. The van der Waals surface area contributed by atoms with Crippen LogP contribution in [0.3, 0.4) is 0 Å². The van der Waals surface area contributed by atoms with Crippen LogP contribution in [-0.2, 0) is 11.3 Å². The van der Waals surface area contributed by atoms with Crippen LogP contribution in [0.4, 0.5) is 0 Å². The van der Waals surface area contributed by atoms with Gasteiger partial charge in [-0.15, -0.1) is 11.8 Å². The Labute approximate surface area is 163 Å². The molecular formula is C19H22N2O3S2. The molecule has 0 unspecified atom stereocenters. The lowest BCUT2D eigenvalue weighted by Gasteiger charge is -2.10. The van der Waals surface area contributed by atoms with Crippen molar-refractivity contribution < 1.29 is 14.3 Å². The molecule has 0 fully saturated rings. The van der Waals surface area contributed by atoms with Crippen LogP contribution >= 0.6 is 24.0 Å². The Morgan fingerprint density at radius 2 is 1.77 bits per heavy atom. The molecule has 0 aromatic heterocycles. The third-order valence-electron chi connectivity index (χ3n) is 3.51. The van der Waals surface area contributed by atoms with Gasteiger partial charge in [0.05, 0.1) is 6.61 Å². The standard InChI is InChI=1S/C19H22N2O3S2/c1-23-11-12-24-16-7-5-15(6-8-16)18(22)21-19(25)20-13-14-3-9-17(26-2)10-4-14/h3-10H,11-13H2,1-2H3,(H2,20,21,22,25). The van der Waals surface area contributed by atoms with E-state index in [1.165, 1.54) is 4.90 Å². The quantitative estimate of drug-likeness (QED) is 0.410. The molecule has 0 bridgehead atoms. The smallest absolute Gasteiger partial charge is 0.257 e. The Kier molecular flexibility index (Phi) is 8.40. The third-order valence-corrected chi connectivity index (χ3v) is 4.50. The van der Waals surface area contributed by atoms with Crippen LogP contribution in [0.1, 0.15) is 15.9 Å². The van der Waals surface area contributed by atoms with Crippen LogP contribution in [0.15, 0.2) is 53.4 Å². The van der Waals surface area contributed by atoms with Crippen LogP contribution in [0.2, 0.25) is 0 Å². The summed E-state index contributed by atoms with van der Waals surface area (Å²) in [5, 5.41) is 6.01. The third kappa shape index (κ3) is 6.67. The minimum absolute atomic E-state index is 0.260. The van der Waals surface area contributed by atoms with Crippen molar-refractivity contribution >= 4 is 35.0 Å².